The van der Waals surface area contributed by atoms with Crippen molar-refractivity contribution in [3.05, 3.63) is 29.8 Å². The molecule has 6 heteroatoms. The molecule has 1 aromatic carbocycles. The van der Waals surface area contributed by atoms with Crippen molar-refractivity contribution in [1.29, 1.82) is 0 Å². The minimum absolute atomic E-state index is 0. The van der Waals surface area contributed by atoms with Crippen LogP contribution >= 0.6 is 12.4 Å². The van der Waals surface area contributed by atoms with Gasteiger partial charge in [-0.25, -0.2) is 13.1 Å². The third-order valence-electron chi connectivity index (χ3n) is 2.29. The van der Waals surface area contributed by atoms with Crippen molar-refractivity contribution >= 4 is 22.4 Å². The van der Waals surface area contributed by atoms with Crippen molar-refractivity contribution in [2.24, 2.45) is 5.73 Å². The van der Waals surface area contributed by atoms with E-state index < -0.39 is 10.0 Å². The summed E-state index contributed by atoms with van der Waals surface area (Å²) in [6, 6.07) is 6.98. The maximum atomic E-state index is 11.8. The Labute approximate surface area is 109 Å². The molecule has 0 bridgehead atoms. The maximum Gasteiger partial charge on any atom is 0.240 e. The zero-order valence-electron chi connectivity index (χ0n) is 9.85. The van der Waals surface area contributed by atoms with Crippen LogP contribution in [-0.2, 0) is 16.4 Å². The highest BCUT2D eigenvalue weighted by molar-refractivity contribution is 7.89. The van der Waals surface area contributed by atoms with Crippen LogP contribution < -0.4 is 10.5 Å². The first-order chi connectivity index (χ1) is 7.60. The molecule has 1 rings (SSSR count). The number of hydrogen-bond acceptors (Lipinski definition) is 3. The average molecular weight is 279 g/mol. The van der Waals surface area contributed by atoms with E-state index >= 15 is 0 Å². The first-order valence-electron chi connectivity index (χ1n) is 5.39. The summed E-state index contributed by atoms with van der Waals surface area (Å²) >= 11 is 0. The lowest BCUT2D eigenvalue weighted by Crippen LogP contribution is -2.26. The molecule has 0 unspecified atom stereocenters. The Morgan fingerprint density at radius 2 is 2.06 bits per heavy atom. The van der Waals surface area contributed by atoms with Crippen LogP contribution in [0.2, 0.25) is 0 Å². The van der Waals surface area contributed by atoms with Gasteiger partial charge in [-0.1, -0.05) is 19.1 Å². The van der Waals surface area contributed by atoms with Crippen LogP contribution in [0.3, 0.4) is 0 Å². The molecule has 0 aliphatic heterocycles. The van der Waals surface area contributed by atoms with E-state index in [-0.39, 0.29) is 12.4 Å². The summed E-state index contributed by atoms with van der Waals surface area (Å²) in [5.74, 6) is 0. The van der Waals surface area contributed by atoms with E-state index in [1.807, 2.05) is 13.0 Å². The largest absolute Gasteiger partial charge is 0.330 e. The normalized spacial score (nSPS) is 10.9. The van der Waals surface area contributed by atoms with Crippen LogP contribution in [-0.4, -0.2) is 21.5 Å². The topological polar surface area (TPSA) is 72.2 Å². The summed E-state index contributed by atoms with van der Waals surface area (Å²) in [6.07, 6.45) is 1.47. The number of hydrogen-bond donors (Lipinski definition) is 2. The Morgan fingerprint density at radius 1 is 1.35 bits per heavy atom. The SMILES string of the molecule is CCc1cccc(S(=O)(=O)NCCCN)c1.Cl. The van der Waals surface area contributed by atoms with Crippen molar-refractivity contribution in [2.45, 2.75) is 24.7 Å². The summed E-state index contributed by atoms with van der Waals surface area (Å²) < 4.78 is 26.2. The molecular weight excluding hydrogens is 260 g/mol. The van der Waals surface area contributed by atoms with E-state index in [0.29, 0.717) is 24.4 Å². The van der Waals surface area contributed by atoms with E-state index in [1.165, 1.54) is 0 Å². The molecule has 0 radical (unpaired) electrons. The smallest absolute Gasteiger partial charge is 0.240 e. The molecule has 0 aliphatic rings. The average Bonchev–Trinajstić information content (AvgIpc) is 2.29. The third-order valence-corrected chi connectivity index (χ3v) is 3.75. The highest BCUT2D eigenvalue weighted by atomic mass is 35.5. The lowest BCUT2D eigenvalue weighted by atomic mass is 10.2. The summed E-state index contributed by atoms with van der Waals surface area (Å²) in [5, 5.41) is 0. The van der Waals surface area contributed by atoms with E-state index in [9.17, 15) is 8.42 Å². The quantitative estimate of drug-likeness (QED) is 0.771. The molecule has 0 fully saturated rings. The Morgan fingerprint density at radius 3 is 2.65 bits per heavy atom. The van der Waals surface area contributed by atoms with E-state index in [0.717, 1.165) is 12.0 Å². The van der Waals surface area contributed by atoms with Crippen molar-refractivity contribution < 1.29 is 8.42 Å². The van der Waals surface area contributed by atoms with Gasteiger partial charge < -0.3 is 5.73 Å². The van der Waals surface area contributed by atoms with Crippen LogP contribution in [0.4, 0.5) is 0 Å². The maximum absolute atomic E-state index is 11.8. The second kappa shape index (κ2) is 7.66. The molecule has 0 saturated carbocycles. The van der Waals surface area contributed by atoms with Crippen molar-refractivity contribution in [3.63, 3.8) is 0 Å². The van der Waals surface area contributed by atoms with Crippen LogP contribution in [0.5, 0.6) is 0 Å². The Bertz CT molecular complexity index is 435. The monoisotopic (exact) mass is 278 g/mol. The standard InChI is InChI=1S/C11H18N2O2S.ClH/c1-2-10-5-3-6-11(9-10)16(14,15)13-8-4-7-12;/h3,5-6,9,13H,2,4,7-8,12H2,1H3;1H. The Balaban J connectivity index is 0.00000256. The highest BCUT2D eigenvalue weighted by Crippen LogP contribution is 2.11. The molecular formula is C11H19ClN2O2S. The van der Waals surface area contributed by atoms with Gasteiger partial charge in [0.05, 0.1) is 4.90 Å². The summed E-state index contributed by atoms with van der Waals surface area (Å²) in [7, 11) is -3.37. The van der Waals surface area contributed by atoms with Gasteiger partial charge in [-0.05, 0) is 37.1 Å². The molecule has 0 saturated heterocycles. The fourth-order valence-electron chi connectivity index (χ4n) is 1.32. The first kappa shape index (κ1) is 16.4. The molecule has 98 valence electrons. The number of rotatable bonds is 6. The van der Waals surface area contributed by atoms with Gasteiger partial charge in [0.2, 0.25) is 10.0 Å². The molecule has 0 heterocycles. The van der Waals surface area contributed by atoms with Gasteiger partial charge in [-0.2, -0.15) is 0 Å². The summed E-state index contributed by atoms with van der Waals surface area (Å²) in [5.41, 5.74) is 6.32. The van der Waals surface area contributed by atoms with Crippen LogP contribution in [0.15, 0.2) is 29.2 Å². The fraction of sp³-hybridized carbons (Fsp3) is 0.455. The minimum atomic E-state index is -3.37. The molecule has 17 heavy (non-hydrogen) atoms. The number of halogens is 1. The van der Waals surface area contributed by atoms with Crippen molar-refractivity contribution in [1.82, 2.24) is 4.72 Å². The molecule has 0 spiro atoms. The van der Waals surface area contributed by atoms with Crippen LogP contribution in [0, 0.1) is 0 Å². The van der Waals surface area contributed by atoms with Gasteiger partial charge in [0.1, 0.15) is 0 Å². The minimum Gasteiger partial charge on any atom is -0.330 e. The van der Waals surface area contributed by atoms with Gasteiger partial charge in [0.15, 0.2) is 0 Å². The summed E-state index contributed by atoms with van der Waals surface area (Å²) in [6.45, 7) is 2.86. The van der Waals surface area contributed by atoms with Gasteiger partial charge in [0.25, 0.3) is 0 Å². The van der Waals surface area contributed by atoms with E-state index in [4.69, 9.17) is 5.73 Å². The molecule has 0 amide bonds. The predicted octanol–water partition coefficient (Wildman–Crippen LogP) is 1.30. The Kier molecular flexibility index (Phi) is 7.38. The van der Waals surface area contributed by atoms with Gasteiger partial charge in [0, 0.05) is 6.54 Å². The van der Waals surface area contributed by atoms with Crippen molar-refractivity contribution in [3.8, 4) is 0 Å². The van der Waals surface area contributed by atoms with Crippen molar-refractivity contribution in [2.75, 3.05) is 13.1 Å². The van der Waals surface area contributed by atoms with Gasteiger partial charge in [-0.15, -0.1) is 12.4 Å². The van der Waals surface area contributed by atoms with E-state index in [1.54, 1.807) is 18.2 Å². The van der Waals surface area contributed by atoms with Crippen LogP contribution in [0.25, 0.3) is 0 Å². The highest BCUT2D eigenvalue weighted by Gasteiger charge is 2.12. The van der Waals surface area contributed by atoms with Gasteiger partial charge >= 0.3 is 0 Å². The molecule has 3 N–H and O–H groups in total. The fourth-order valence-corrected chi connectivity index (χ4v) is 2.47. The summed E-state index contributed by atoms with van der Waals surface area (Å²) in [4.78, 5) is 0.323. The molecule has 0 aliphatic carbocycles. The molecule has 4 nitrogen and oxygen atoms in total. The second-order valence-electron chi connectivity index (χ2n) is 3.54. The van der Waals surface area contributed by atoms with E-state index in [2.05, 4.69) is 4.72 Å². The zero-order chi connectivity index (χ0) is 12.0. The lowest BCUT2D eigenvalue weighted by molar-refractivity contribution is 0.579. The first-order valence-corrected chi connectivity index (χ1v) is 6.87. The predicted molar refractivity (Wildman–Crippen MR) is 71.9 cm³/mol. The number of nitrogens with two attached hydrogens (primary N) is 1. The van der Waals surface area contributed by atoms with Gasteiger partial charge in [-0.3, -0.25) is 0 Å². The number of nitrogens with one attached hydrogen (secondary N) is 1. The molecule has 1 aromatic rings. The number of benzene rings is 1. The number of aryl methyl sites for hydroxylation is 1. The number of sulfonamides is 1. The molecule has 0 atom stereocenters. The lowest BCUT2D eigenvalue weighted by Gasteiger charge is -2.07. The Hall–Kier alpha value is -0.620. The van der Waals surface area contributed by atoms with Crippen LogP contribution in [0.1, 0.15) is 18.9 Å². The third kappa shape index (κ3) is 5.04. The molecule has 0 aromatic heterocycles. The second-order valence-corrected chi connectivity index (χ2v) is 5.31. The zero-order valence-corrected chi connectivity index (χ0v) is 11.5.